The van der Waals surface area contributed by atoms with Crippen molar-refractivity contribution in [2.45, 2.75) is 26.2 Å². The van der Waals surface area contributed by atoms with E-state index < -0.39 is 35.1 Å². The summed E-state index contributed by atoms with van der Waals surface area (Å²) in [6, 6.07) is 10.1. The zero-order chi connectivity index (χ0) is 29.2. The van der Waals surface area contributed by atoms with E-state index >= 15 is 0 Å². The number of imidazole rings is 1. The molecule has 0 radical (unpaired) electrons. The van der Waals surface area contributed by atoms with Gasteiger partial charge in [0.1, 0.15) is 11.5 Å². The number of carbonyl (C=O) groups excluding carboxylic acids is 1. The molecule has 2 heterocycles. The van der Waals surface area contributed by atoms with E-state index in [2.05, 4.69) is 15.3 Å². The summed E-state index contributed by atoms with van der Waals surface area (Å²) < 4.78 is 58.1. The van der Waals surface area contributed by atoms with E-state index in [9.17, 15) is 27.2 Å². The smallest absolute Gasteiger partial charge is 0.434 e. The van der Waals surface area contributed by atoms with Crippen molar-refractivity contribution in [2.24, 2.45) is 12.0 Å². The van der Waals surface area contributed by atoms with Crippen molar-refractivity contribution in [3.8, 4) is 11.3 Å². The van der Waals surface area contributed by atoms with Crippen molar-refractivity contribution >= 4 is 23.6 Å². The van der Waals surface area contributed by atoms with Crippen LogP contribution in [0.3, 0.4) is 0 Å². The fourth-order valence-electron chi connectivity index (χ4n) is 4.06. The topological polar surface area (TPSA) is 102 Å². The molecule has 0 unspecified atom stereocenters. The van der Waals surface area contributed by atoms with Gasteiger partial charge in [-0.05, 0) is 60.0 Å². The van der Waals surface area contributed by atoms with E-state index in [0.717, 1.165) is 23.3 Å². The third-order valence-electron chi connectivity index (χ3n) is 5.95. The number of benzene rings is 2. The van der Waals surface area contributed by atoms with Gasteiger partial charge in [0.2, 0.25) is 5.62 Å². The zero-order valence-corrected chi connectivity index (χ0v) is 21.9. The van der Waals surface area contributed by atoms with Crippen LogP contribution in [0.5, 0.6) is 0 Å². The molecule has 4 aromatic rings. The first-order valence-corrected chi connectivity index (χ1v) is 12.1. The fourth-order valence-corrected chi connectivity index (χ4v) is 4.18. The summed E-state index contributed by atoms with van der Waals surface area (Å²) in [5.41, 5.74) is -0.172. The molecule has 0 aliphatic carbocycles. The van der Waals surface area contributed by atoms with E-state index in [1.807, 2.05) is 0 Å². The lowest BCUT2D eigenvalue weighted by Gasteiger charge is -2.15. The summed E-state index contributed by atoms with van der Waals surface area (Å²) in [5, 5.41) is 12.4. The van der Waals surface area contributed by atoms with Gasteiger partial charge in [-0.2, -0.15) is 13.2 Å². The SMILES string of the molecule is Cc1cc(CNC(=O)c2cc(Cn3ccn(C)c3=NC(=O)O)cc(-c3ccc(F)cc3C(F)(F)F)n2)ccc1Cl. The minimum absolute atomic E-state index is 0.0488. The number of aryl methyl sites for hydroxylation is 2. The number of rotatable bonds is 6. The summed E-state index contributed by atoms with van der Waals surface area (Å²) in [4.78, 5) is 32.0. The second-order valence-electron chi connectivity index (χ2n) is 8.93. The number of alkyl halides is 3. The van der Waals surface area contributed by atoms with Crippen LogP contribution in [0.25, 0.3) is 11.3 Å². The molecule has 0 bridgehead atoms. The Bertz CT molecular complexity index is 1680. The van der Waals surface area contributed by atoms with Gasteiger partial charge in [-0.3, -0.25) is 4.79 Å². The number of carbonyl (C=O) groups is 2. The van der Waals surface area contributed by atoms with Crippen LogP contribution in [0.1, 0.15) is 32.7 Å². The van der Waals surface area contributed by atoms with Gasteiger partial charge in [-0.15, -0.1) is 4.99 Å². The average molecular weight is 576 g/mol. The van der Waals surface area contributed by atoms with Crippen LogP contribution in [0.4, 0.5) is 22.4 Å². The maximum absolute atomic E-state index is 13.8. The van der Waals surface area contributed by atoms with Crippen LogP contribution in [0.15, 0.2) is 65.9 Å². The van der Waals surface area contributed by atoms with Crippen LogP contribution >= 0.6 is 11.6 Å². The van der Waals surface area contributed by atoms with Crippen molar-refractivity contribution in [3.63, 3.8) is 0 Å². The first kappa shape index (κ1) is 28.6. The molecule has 13 heteroatoms. The summed E-state index contributed by atoms with van der Waals surface area (Å²) >= 11 is 6.05. The highest BCUT2D eigenvalue weighted by Crippen LogP contribution is 2.37. The zero-order valence-electron chi connectivity index (χ0n) is 21.1. The number of nitrogens with one attached hydrogen (secondary N) is 1. The molecule has 0 aliphatic rings. The number of nitrogens with zero attached hydrogens (tertiary/aromatic N) is 4. The fraction of sp³-hybridized carbons (Fsp3) is 0.185. The van der Waals surface area contributed by atoms with Crippen molar-refractivity contribution < 1.29 is 32.3 Å². The van der Waals surface area contributed by atoms with Crippen molar-refractivity contribution in [2.75, 3.05) is 0 Å². The summed E-state index contributed by atoms with van der Waals surface area (Å²) in [5.74, 6) is -1.75. The second kappa shape index (κ2) is 11.3. The Labute approximate surface area is 230 Å². The van der Waals surface area contributed by atoms with Gasteiger partial charge in [-0.1, -0.05) is 23.7 Å². The molecular weight excluding hydrogens is 554 g/mol. The van der Waals surface area contributed by atoms with E-state index in [1.165, 1.54) is 27.5 Å². The summed E-state index contributed by atoms with van der Waals surface area (Å²) in [6.07, 6.45) is -3.26. The molecule has 2 aromatic carbocycles. The standard InChI is InChI=1S/C27H22ClF4N5O3/c1-15-9-16(3-6-21(15)28)13-33-24(38)23-11-17(14-37-8-7-36(2)25(37)35-26(39)40)10-22(34-23)19-5-4-18(29)12-20(19)27(30,31)32/h3-12H,13-14H2,1-2H3,(H,33,38)(H,39,40). The van der Waals surface area contributed by atoms with E-state index in [4.69, 9.17) is 16.7 Å². The first-order chi connectivity index (χ1) is 18.8. The Morgan fingerprint density at radius 3 is 2.50 bits per heavy atom. The van der Waals surface area contributed by atoms with E-state index in [1.54, 1.807) is 38.4 Å². The first-order valence-electron chi connectivity index (χ1n) is 11.7. The molecule has 208 valence electrons. The average Bonchev–Trinajstić information content (AvgIpc) is 3.21. The molecular formula is C27H22ClF4N5O3. The molecule has 8 nitrogen and oxygen atoms in total. The van der Waals surface area contributed by atoms with Crippen LogP contribution in [-0.4, -0.2) is 31.2 Å². The molecule has 40 heavy (non-hydrogen) atoms. The Balaban J connectivity index is 1.78. The predicted octanol–water partition coefficient (Wildman–Crippen LogP) is 5.57. The second-order valence-corrected chi connectivity index (χ2v) is 9.34. The maximum Gasteiger partial charge on any atom is 0.434 e. The van der Waals surface area contributed by atoms with Gasteiger partial charge in [0.25, 0.3) is 5.91 Å². The highest BCUT2D eigenvalue weighted by atomic mass is 35.5. The largest absolute Gasteiger partial charge is 0.463 e. The minimum Gasteiger partial charge on any atom is -0.463 e. The third kappa shape index (κ3) is 6.57. The van der Waals surface area contributed by atoms with Gasteiger partial charge in [0.05, 0.1) is 17.8 Å². The Morgan fingerprint density at radius 1 is 1.07 bits per heavy atom. The predicted molar refractivity (Wildman–Crippen MR) is 138 cm³/mol. The van der Waals surface area contributed by atoms with Crippen molar-refractivity contribution in [1.82, 2.24) is 19.4 Å². The summed E-state index contributed by atoms with van der Waals surface area (Å²) in [7, 11) is 1.57. The number of amides is 2. The van der Waals surface area contributed by atoms with Gasteiger partial charge < -0.3 is 19.6 Å². The number of hydrogen-bond acceptors (Lipinski definition) is 3. The van der Waals surface area contributed by atoms with Crippen molar-refractivity contribution in [1.29, 1.82) is 0 Å². The third-order valence-corrected chi connectivity index (χ3v) is 6.37. The molecule has 0 aliphatic heterocycles. The van der Waals surface area contributed by atoms with E-state index in [0.29, 0.717) is 16.7 Å². The molecule has 2 N–H and O–H groups in total. The molecule has 0 fully saturated rings. The lowest BCUT2D eigenvalue weighted by atomic mass is 10.0. The Kier molecular flexibility index (Phi) is 8.10. The molecule has 0 spiro atoms. The number of halogens is 5. The number of carboxylic acid groups (broad SMARTS) is 1. The maximum atomic E-state index is 13.8. The van der Waals surface area contributed by atoms with E-state index in [-0.39, 0.29) is 30.1 Å². The van der Waals surface area contributed by atoms with Gasteiger partial charge in [0, 0.05) is 36.6 Å². The van der Waals surface area contributed by atoms with Crippen LogP contribution in [0.2, 0.25) is 5.02 Å². The van der Waals surface area contributed by atoms with Crippen molar-refractivity contribution in [3.05, 3.63) is 105 Å². The molecule has 2 aromatic heterocycles. The van der Waals surface area contributed by atoms with Crippen LogP contribution in [0, 0.1) is 12.7 Å². The lowest BCUT2D eigenvalue weighted by molar-refractivity contribution is -0.137. The monoisotopic (exact) mass is 575 g/mol. The highest BCUT2D eigenvalue weighted by molar-refractivity contribution is 6.31. The van der Waals surface area contributed by atoms with Crippen LogP contribution in [-0.2, 0) is 26.3 Å². The van der Waals surface area contributed by atoms with Gasteiger partial charge in [0.15, 0.2) is 0 Å². The summed E-state index contributed by atoms with van der Waals surface area (Å²) in [6.45, 7) is 1.84. The lowest BCUT2D eigenvalue weighted by Crippen LogP contribution is -2.27. The van der Waals surface area contributed by atoms with Gasteiger partial charge in [-0.25, -0.2) is 14.2 Å². The molecule has 4 rings (SSSR count). The Morgan fingerprint density at radius 2 is 1.82 bits per heavy atom. The number of aromatic nitrogens is 3. The normalized spacial score (nSPS) is 12.0. The number of pyridine rings is 1. The number of hydrogen-bond donors (Lipinski definition) is 2. The molecule has 0 atom stereocenters. The molecule has 0 saturated heterocycles. The molecule has 2 amide bonds. The Hall–Kier alpha value is -4.45. The minimum atomic E-state index is -4.90. The van der Waals surface area contributed by atoms with Gasteiger partial charge >= 0.3 is 12.3 Å². The van der Waals surface area contributed by atoms with Crippen LogP contribution < -0.4 is 10.9 Å². The molecule has 0 saturated carbocycles. The highest BCUT2D eigenvalue weighted by Gasteiger charge is 2.34. The quantitative estimate of drug-likeness (QED) is 0.294.